The van der Waals surface area contributed by atoms with Gasteiger partial charge in [-0.15, -0.1) is 0 Å². The second-order valence-corrected chi connectivity index (χ2v) is 10.8. The number of rotatable bonds is 9. The Morgan fingerprint density at radius 3 is 2.46 bits per heavy atom. The predicted octanol–water partition coefficient (Wildman–Crippen LogP) is 6.05. The summed E-state index contributed by atoms with van der Waals surface area (Å²) in [5.74, 6) is 2.46. The molecular weight excluding hydrogens is 464 g/mol. The van der Waals surface area contributed by atoms with Gasteiger partial charge in [-0.25, -0.2) is 4.98 Å². The second kappa shape index (κ2) is 11.3. The van der Waals surface area contributed by atoms with Crippen LogP contribution in [-0.4, -0.2) is 52.5 Å². The fourth-order valence-corrected chi connectivity index (χ4v) is 4.63. The monoisotopic (exact) mass is 502 g/mol. The minimum Gasteiger partial charge on any atom is -0.492 e. The van der Waals surface area contributed by atoms with Gasteiger partial charge in [-0.1, -0.05) is 38.8 Å². The molecule has 196 valence electrons. The Balaban J connectivity index is 1.14. The number of imidazole rings is 1. The van der Waals surface area contributed by atoms with Crippen molar-refractivity contribution in [2.24, 2.45) is 0 Å². The molecule has 5 rings (SSSR count). The lowest BCUT2D eigenvalue weighted by Crippen LogP contribution is -2.29. The fraction of sp³-hybridized carbons (Fsp3) is 0.448. The van der Waals surface area contributed by atoms with Crippen molar-refractivity contribution in [3.05, 3.63) is 60.6 Å². The molecule has 1 aliphatic heterocycles. The van der Waals surface area contributed by atoms with E-state index in [1.165, 1.54) is 38.8 Å². The molecule has 8 heteroatoms. The molecule has 0 aliphatic carbocycles. The average Bonchev–Trinajstić information content (AvgIpc) is 3.45. The lowest BCUT2D eigenvalue weighted by molar-refractivity contribution is 0.214. The van der Waals surface area contributed by atoms with Crippen molar-refractivity contribution in [3.63, 3.8) is 0 Å². The molecule has 8 nitrogen and oxygen atoms in total. The zero-order valence-electron chi connectivity index (χ0n) is 22.2. The molecule has 1 saturated heterocycles. The molecule has 2 aromatic carbocycles. The predicted molar refractivity (Wildman–Crippen MR) is 149 cm³/mol. The van der Waals surface area contributed by atoms with E-state index in [1.807, 2.05) is 24.5 Å². The number of aromatic nitrogens is 3. The van der Waals surface area contributed by atoms with Crippen LogP contribution in [0.3, 0.4) is 0 Å². The van der Waals surface area contributed by atoms with E-state index in [1.54, 1.807) is 0 Å². The van der Waals surface area contributed by atoms with Gasteiger partial charge in [0.25, 0.3) is 0 Å². The standard InChI is InChI=1S/C29H38N6O2/c1-29(2,3)27-19-28(33-37-27)31-20-30-22-8-10-23(11-9-22)35-21-32-25-18-24(12-13-26(25)35)36-17-16-34-14-6-4-5-7-15-34/h8-13,18-19,21,30H,4-7,14-17,20H2,1-3H3,(H,31,33). The quantitative estimate of drug-likeness (QED) is 0.270. The van der Waals surface area contributed by atoms with Gasteiger partial charge in [0.15, 0.2) is 5.82 Å². The van der Waals surface area contributed by atoms with Crippen LogP contribution < -0.4 is 15.4 Å². The van der Waals surface area contributed by atoms with Gasteiger partial charge in [-0.3, -0.25) is 9.47 Å². The summed E-state index contributed by atoms with van der Waals surface area (Å²) in [7, 11) is 0. The van der Waals surface area contributed by atoms with E-state index in [2.05, 4.69) is 81.3 Å². The van der Waals surface area contributed by atoms with Crippen molar-refractivity contribution >= 4 is 22.5 Å². The SMILES string of the molecule is CC(C)(C)c1cc(NCNc2ccc(-n3cnc4cc(OCCN5CCCCCC5)ccc43)cc2)no1. The van der Waals surface area contributed by atoms with Crippen LogP contribution in [0.5, 0.6) is 5.75 Å². The summed E-state index contributed by atoms with van der Waals surface area (Å²) in [6, 6.07) is 16.4. The summed E-state index contributed by atoms with van der Waals surface area (Å²) in [4.78, 5) is 7.14. The van der Waals surface area contributed by atoms with Crippen LogP contribution in [-0.2, 0) is 5.41 Å². The van der Waals surface area contributed by atoms with Crippen LogP contribution >= 0.6 is 0 Å². The number of anilines is 2. The Morgan fingerprint density at radius 2 is 1.73 bits per heavy atom. The Bertz CT molecular complexity index is 1280. The van der Waals surface area contributed by atoms with Crippen molar-refractivity contribution in [1.29, 1.82) is 0 Å². The Hall–Kier alpha value is -3.52. The topological polar surface area (TPSA) is 80.4 Å². The molecule has 4 aromatic rings. The Kier molecular flexibility index (Phi) is 7.65. The molecule has 2 N–H and O–H groups in total. The lowest BCUT2D eigenvalue weighted by Gasteiger charge is -2.19. The first-order valence-corrected chi connectivity index (χ1v) is 13.3. The highest BCUT2D eigenvalue weighted by Crippen LogP contribution is 2.25. The number of hydrogen-bond acceptors (Lipinski definition) is 7. The average molecular weight is 503 g/mol. The summed E-state index contributed by atoms with van der Waals surface area (Å²) in [5.41, 5.74) is 4.00. The third-order valence-corrected chi connectivity index (χ3v) is 6.85. The van der Waals surface area contributed by atoms with E-state index in [4.69, 9.17) is 9.26 Å². The number of nitrogens with one attached hydrogen (secondary N) is 2. The number of likely N-dealkylation sites (tertiary alicyclic amines) is 1. The van der Waals surface area contributed by atoms with E-state index < -0.39 is 0 Å². The Labute approximate surface area is 219 Å². The van der Waals surface area contributed by atoms with Gasteiger partial charge in [0.05, 0.1) is 17.7 Å². The van der Waals surface area contributed by atoms with Gasteiger partial charge in [0.2, 0.25) is 0 Å². The fourth-order valence-electron chi connectivity index (χ4n) is 4.63. The second-order valence-electron chi connectivity index (χ2n) is 10.8. The number of ether oxygens (including phenoxy) is 1. The first kappa shape index (κ1) is 25.1. The maximum atomic E-state index is 6.06. The molecule has 3 heterocycles. The summed E-state index contributed by atoms with van der Waals surface area (Å²) < 4.78 is 13.6. The molecule has 37 heavy (non-hydrogen) atoms. The summed E-state index contributed by atoms with van der Waals surface area (Å²) in [6.45, 7) is 10.9. The molecule has 0 amide bonds. The Morgan fingerprint density at radius 1 is 0.946 bits per heavy atom. The smallest absolute Gasteiger partial charge is 0.171 e. The van der Waals surface area contributed by atoms with Crippen molar-refractivity contribution in [2.75, 3.05) is 43.5 Å². The maximum absolute atomic E-state index is 6.06. The molecule has 0 unspecified atom stereocenters. The molecule has 0 radical (unpaired) electrons. The highest BCUT2D eigenvalue weighted by molar-refractivity contribution is 5.79. The van der Waals surface area contributed by atoms with Crippen molar-refractivity contribution in [1.82, 2.24) is 19.6 Å². The number of hydrogen-bond donors (Lipinski definition) is 2. The third kappa shape index (κ3) is 6.43. The first-order valence-electron chi connectivity index (χ1n) is 13.3. The molecule has 0 spiro atoms. The molecule has 2 aromatic heterocycles. The lowest BCUT2D eigenvalue weighted by atomic mass is 9.93. The van der Waals surface area contributed by atoms with Crippen LogP contribution in [0.25, 0.3) is 16.7 Å². The minimum absolute atomic E-state index is 0.0609. The zero-order chi connectivity index (χ0) is 25.7. The largest absolute Gasteiger partial charge is 0.492 e. The highest BCUT2D eigenvalue weighted by atomic mass is 16.5. The molecule has 1 aliphatic rings. The van der Waals surface area contributed by atoms with E-state index in [-0.39, 0.29) is 5.41 Å². The van der Waals surface area contributed by atoms with Gasteiger partial charge in [0, 0.05) is 35.5 Å². The molecule has 1 fully saturated rings. The first-order chi connectivity index (χ1) is 18.0. The molecular formula is C29H38N6O2. The highest BCUT2D eigenvalue weighted by Gasteiger charge is 2.19. The zero-order valence-corrected chi connectivity index (χ0v) is 22.2. The number of nitrogens with zero attached hydrogens (tertiary/aromatic N) is 4. The van der Waals surface area contributed by atoms with Crippen LogP contribution in [0, 0.1) is 0 Å². The van der Waals surface area contributed by atoms with Gasteiger partial charge < -0.3 is 19.9 Å². The van der Waals surface area contributed by atoms with E-state index in [0.29, 0.717) is 13.3 Å². The number of benzene rings is 2. The van der Waals surface area contributed by atoms with Gasteiger partial charge >= 0.3 is 0 Å². The van der Waals surface area contributed by atoms with Crippen LogP contribution in [0.2, 0.25) is 0 Å². The minimum atomic E-state index is -0.0609. The summed E-state index contributed by atoms with van der Waals surface area (Å²) in [5, 5.41) is 10.7. The molecule has 0 saturated carbocycles. The number of fused-ring (bicyclic) bond motifs is 1. The molecule has 0 atom stereocenters. The summed E-state index contributed by atoms with van der Waals surface area (Å²) >= 11 is 0. The van der Waals surface area contributed by atoms with E-state index in [9.17, 15) is 0 Å². The van der Waals surface area contributed by atoms with Crippen LogP contribution in [0.4, 0.5) is 11.5 Å². The van der Waals surface area contributed by atoms with E-state index >= 15 is 0 Å². The maximum Gasteiger partial charge on any atom is 0.171 e. The van der Waals surface area contributed by atoms with E-state index in [0.717, 1.165) is 46.3 Å². The van der Waals surface area contributed by atoms with Crippen molar-refractivity contribution in [3.8, 4) is 11.4 Å². The molecule has 0 bridgehead atoms. The van der Waals surface area contributed by atoms with Gasteiger partial charge in [-0.2, -0.15) is 0 Å². The normalized spacial score (nSPS) is 15.0. The van der Waals surface area contributed by atoms with Crippen molar-refractivity contribution < 1.29 is 9.26 Å². The summed E-state index contributed by atoms with van der Waals surface area (Å²) in [6.07, 6.45) is 7.19. The van der Waals surface area contributed by atoms with Crippen molar-refractivity contribution in [2.45, 2.75) is 51.9 Å². The van der Waals surface area contributed by atoms with Gasteiger partial charge in [-0.05, 0) is 62.3 Å². The van der Waals surface area contributed by atoms with Gasteiger partial charge in [0.1, 0.15) is 24.4 Å². The van der Waals surface area contributed by atoms with Crippen LogP contribution in [0.15, 0.2) is 59.4 Å². The van der Waals surface area contributed by atoms with Crippen LogP contribution in [0.1, 0.15) is 52.2 Å². The third-order valence-electron chi connectivity index (χ3n) is 6.85.